The molecule has 60 valence electrons. The Morgan fingerprint density at radius 2 is 1.50 bits per heavy atom. The maximum absolute atomic E-state index is 10.9. The number of hydrogen-bond donors (Lipinski definition) is 4. The van der Waals surface area contributed by atoms with Crippen molar-refractivity contribution in [3.05, 3.63) is 0 Å². The van der Waals surface area contributed by atoms with Crippen molar-refractivity contribution in [1.82, 2.24) is 10.6 Å². The fourth-order valence-corrected chi connectivity index (χ4v) is 0.478. The lowest BCUT2D eigenvalue weighted by molar-refractivity contribution is -0.122. The van der Waals surface area contributed by atoms with Crippen molar-refractivity contribution in [3.63, 3.8) is 0 Å². The molecule has 0 bridgehead atoms. The molecule has 10 heavy (non-hydrogen) atoms. The molecule has 5 nitrogen and oxygen atoms in total. The summed E-state index contributed by atoms with van der Waals surface area (Å²) in [5.41, 5.74) is 10.6. The predicted octanol–water partition coefficient (Wildman–Crippen LogP) is -2.44. The van der Waals surface area contributed by atoms with E-state index in [1.165, 1.54) is 0 Å². The van der Waals surface area contributed by atoms with Crippen LogP contribution in [0.5, 0.6) is 0 Å². The van der Waals surface area contributed by atoms with Crippen molar-refractivity contribution in [2.24, 2.45) is 11.5 Å². The number of rotatable bonds is 4. The van der Waals surface area contributed by atoms with E-state index in [0.717, 1.165) is 0 Å². The second-order valence-corrected chi connectivity index (χ2v) is 1.94. The van der Waals surface area contributed by atoms with Crippen molar-refractivity contribution < 1.29 is 4.79 Å². The molecular formula is C5H14N4O. The molecule has 5 heteroatoms. The van der Waals surface area contributed by atoms with E-state index in [0.29, 0.717) is 0 Å². The van der Waals surface area contributed by atoms with Crippen LogP contribution < -0.4 is 22.1 Å². The first kappa shape index (κ1) is 9.51. The standard InChI is InChI=1S/C5H14N4O/c1-8-4(6)3(10)5(7)9-2/h4-5,8-9H,6-7H2,1-2H3. The van der Waals surface area contributed by atoms with Crippen LogP contribution in [-0.4, -0.2) is 32.2 Å². The third-order valence-corrected chi connectivity index (χ3v) is 1.24. The highest BCUT2D eigenvalue weighted by molar-refractivity contribution is 5.87. The molecule has 0 spiro atoms. The predicted molar refractivity (Wildman–Crippen MR) is 39.1 cm³/mol. The summed E-state index contributed by atoms with van der Waals surface area (Å²) in [7, 11) is 3.20. The molecule has 0 aliphatic rings. The Morgan fingerprint density at radius 1 is 1.20 bits per heavy atom. The van der Waals surface area contributed by atoms with E-state index in [1.807, 2.05) is 0 Å². The summed E-state index contributed by atoms with van der Waals surface area (Å²) in [5, 5.41) is 5.18. The van der Waals surface area contributed by atoms with Crippen molar-refractivity contribution in [2.75, 3.05) is 14.1 Å². The molecular weight excluding hydrogens is 132 g/mol. The summed E-state index contributed by atoms with van der Waals surface area (Å²) < 4.78 is 0. The molecule has 0 aliphatic carbocycles. The molecule has 0 rings (SSSR count). The maximum atomic E-state index is 10.9. The number of carbonyl (C=O) groups excluding carboxylic acids is 1. The van der Waals surface area contributed by atoms with Crippen molar-refractivity contribution in [2.45, 2.75) is 12.3 Å². The SMILES string of the molecule is CNC(N)C(=O)C(N)NC. The Bertz CT molecular complexity index is 104. The molecule has 0 heterocycles. The first-order chi connectivity index (χ1) is 4.63. The van der Waals surface area contributed by atoms with E-state index in [4.69, 9.17) is 11.5 Å². The topological polar surface area (TPSA) is 93.2 Å². The number of nitrogens with two attached hydrogens (primary N) is 2. The van der Waals surface area contributed by atoms with Gasteiger partial charge in [0.1, 0.15) is 12.3 Å². The Hall–Kier alpha value is -0.490. The van der Waals surface area contributed by atoms with Crippen molar-refractivity contribution in [3.8, 4) is 0 Å². The zero-order valence-corrected chi connectivity index (χ0v) is 6.22. The molecule has 2 unspecified atom stereocenters. The number of hydrogen-bond acceptors (Lipinski definition) is 5. The molecule has 6 N–H and O–H groups in total. The molecule has 0 aromatic heterocycles. The van der Waals surface area contributed by atoms with E-state index in [1.54, 1.807) is 14.1 Å². The summed E-state index contributed by atoms with van der Waals surface area (Å²) in [5.74, 6) is -0.245. The van der Waals surface area contributed by atoms with Crippen LogP contribution in [0.3, 0.4) is 0 Å². The van der Waals surface area contributed by atoms with Crippen LogP contribution in [0.15, 0.2) is 0 Å². The zero-order chi connectivity index (χ0) is 8.15. The van der Waals surface area contributed by atoms with Gasteiger partial charge in [-0.25, -0.2) is 0 Å². The Kier molecular flexibility index (Phi) is 4.13. The average molecular weight is 146 g/mol. The second-order valence-electron chi connectivity index (χ2n) is 1.94. The monoisotopic (exact) mass is 146 g/mol. The highest BCUT2D eigenvalue weighted by atomic mass is 16.1. The minimum atomic E-state index is -0.678. The smallest absolute Gasteiger partial charge is 0.195 e. The van der Waals surface area contributed by atoms with Gasteiger partial charge in [0, 0.05) is 0 Å². The van der Waals surface area contributed by atoms with Gasteiger partial charge in [0.25, 0.3) is 0 Å². The van der Waals surface area contributed by atoms with Gasteiger partial charge in [-0.2, -0.15) is 0 Å². The largest absolute Gasteiger partial charge is 0.310 e. The van der Waals surface area contributed by atoms with E-state index < -0.39 is 12.3 Å². The van der Waals surface area contributed by atoms with E-state index in [9.17, 15) is 4.79 Å². The molecule has 0 fully saturated rings. The lowest BCUT2D eigenvalue weighted by Gasteiger charge is -2.13. The molecule has 0 aromatic carbocycles. The average Bonchev–Trinajstić information content (AvgIpc) is 2.00. The van der Waals surface area contributed by atoms with Gasteiger partial charge in [0.05, 0.1) is 0 Å². The summed E-state index contributed by atoms with van der Waals surface area (Å²) in [6, 6.07) is 0. The van der Waals surface area contributed by atoms with Gasteiger partial charge in [-0.3, -0.25) is 15.4 Å². The summed E-state index contributed by atoms with van der Waals surface area (Å²) in [6.45, 7) is 0. The quantitative estimate of drug-likeness (QED) is 0.331. The molecule has 0 radical (unpaired) electrons. The van der Waals surface area contributed by atoms with Crippen LogP contribution in [0.2, 0.25) is 0 Å². The van der Waals surface area contributed by atoms with Gasteiger partial charge in [-0.1, -0.05) is 0 Å². The van der Waals surface area contributed by atoms with Gasteiger partial charge in [-0.15, -0.1) is 0 Å². The molecule has 0 saturated heterocycles. The molecule has 0 aromatic rings. The third kappa shape index (κ3) is 2.40. The highest BCUT2D eigenvalue weighted by Gasteiger charge is 2.16. The van der Waals surface area contributed by atoms with Crippen LogP contribution in [0.25, 0.3) is 0 Å². The molecule has 0 aliphatic heterocycles. The lowest BCUT2D eigenvalue weighted by Crippen LogP contribution is -2.54. The first-order valence-electron chi connectivity index (χ1n) is 3.03. The summed E-state index contributed by atoms with van der Waals surface area (Å²) in [4.78, 5) is 10.9. The number of Topliss-reactive ketones (excluding diaryl/α,β-unsaturated/α-hetero) is 1. The zero-order valence-electron chi connectivity index (χ0n) is 6.22. The third-order valence-electron chi connectivity index (χ3n) is 1.24. The van der Waals surface area contributed by atoms with Crippen molar-refractivity contribution >= 4 is 5.78 Å². The van der Waals surface area contributed by atoms with Crippen LogP contribution >= 0.6 is 0 Å². The van der Waals surface area contributed by atoms with E-state index in [2.05, 4.69) is 10.6 Å². The molecule has 0 saturated carbocycles. The van der Waals surface area contributed by atoms with Crippen LogP contribution in [0.4, 0.5) is 0 Å². The molecule has 0 amide bonds. The summed E-state index contributed by atoms with van der Waals surface area (Å²) in [6.07, 6.45) is -1.36. The Labute approximate surface area is 60.1 Å². The minimum Gasteiger partial charge on any atom is -0.310 e. The number of likely N-dealkylation sites (N-methyl/N-ethyl adjacent to an activating group) is 2. The molecule has 2 atom stereocenters. The van der Waals surface area contributed by atoms with Crippen molar-refractivity contribution in [1.29, 1.82) is 0 Å². The van der Waals surface area contributed by atoms with Crippen LogP contribution in [0.1, 0.15) is 0 Å². The number of carbonyl (C=O) groups is 1. The fourth-order valence-electron chi connectivity index (χ4n) is 0.478. The summed E-state index contributed by atoms with van der Waals surface area (Å²) >= 11 is 0. The first-order valence-corrected chi connectivity index (χ1v) is 3.03. The number of ketones is 1. The lowest BCUT2D eigenvalue weighted by atomic mass is 10.2. The highest BCUT2D eigenvalue weighted by Crippen LogP contribution is 1.78. The van der Waals surface area contributed by atoms with Gasteiger partial charge in [-0.05, 0) is 14.1 Å². The fraction of sp³-hybridized carbons (Fsp3) is 0.800. The Morgan fingerprint density at radius 3 is 1.70 bits per heavy atom. The minimum absolute atomic E-state index is 0.245. The van der Waals surface area contributed by atoms with Crippen LogP contribution in [0, 0.1) is 0 Å². The van der Waals surface area contributed by atoms with Gasteiger partial charge in [0.15, 0.2) is 5.78 Å². The Balaban J connectivity index is 3.82. The number of nitrogens with one attached hydrogen (secondary N) is 2. The van der Waals surface area contributed by atoms with E-state index in [-0.39, 0.29) is 5.78 Å². The van der Waals surface area contributed by atoms with Crippen LogP contribution in [-0.2, 0) is 4.79 Å². The van der Waals surface area contributed by atoms with Gasteiger partial charge < -0.3 is 11.5 Å². The normalized spacial score (nSPS) is 16.4. The van der Waals surface area contributed by atoms with E-state index >= 15 is 0 Å². The van der Waals surface area contributed by atoms with Gasteiger partial charge >= 0.3 is 0 Å². The second kappa shape index (κ2) is 4.35. The van der Waals surface area contributed by atoms with Gasteiger partial charge in [0.2, 0.25) is 0 Å². The maximum Gasteiger partial charge on any atom is 0.195 e.